The first-order valence-electron chi connectivity index (χ1n) is 3.95. The van der Waals surface area contributed by atoms with Crippen LogP contribution in [-0.4, -0.2) is 24.0 Å². The number of ether oxygens (including phenoxy) is 1. The standard InChI is InChI=1S/C8H6ClIN2O2/c9-5-3-4(10)6-7(13)11-1-2-14-8(6)12-5/h3H,1-2H2,(H,11,13). The van der Waals surface area contributed by atoms with Gasteiger partial charge in [0.1, 0.15) is 17.3 Å². The van der Waals surface area contributed by atoms with Crippen molar-refractivity contribution in [3.05, 3.63) is 20.4 Å². The molecule has 4 nitrogen and oxygen atoms in total. The van der Waals surface area contributed by atoms with Crippen LogP contribution >= 0.6 is 34.2 Å². The van der Waals surface area contributed by atoms with E-state index in [0.717, 1.165) is 3.57 Å². The quantitative estimate of drug-likeness (QED) is 0.581. The Hall–Kier alpha value is -0.560. The second kappa shape index (κ2) is 3.90. The highest BCUT2D eigenvalue weighted by atomic mass is 127. The molecule has 1 aromatic heterocycles. The topological polar surface area (TPSA) is 51.2 Å². The van der Waals surface area contributed by atoms with Crippen molar-refractivity contribution in [1.82, 2.24) is 10.3 Å². The summed E-state index contributed by atoms with van der Waals surface area (Å²) in [5, 5.41) is 3.05. The van der Waals surface area contributed by atoms with Crippen LogP contribution < -0.4 is 10.1 Å². The maximum atomic E-state index is 11.6. The van der Waals surface area contributed by atoms with Gasteiger partial charge in [0, 0.05) is 3.57 Å². The van der Waals surface area contributed by atoms with Crippen molar-refractivity contribution >= 4 is 40.1 Å². The van der Waals surface area contributed by atoms with Crippen molar-refractivity contribution in [2.45, 2.75) is 0 Å². The van der Waals surface area contributed by atoms with Crippen LogP contribution in [0.2, 0.25) is 5.15 Å². The Bertz CT molecular complexity index is 397. The van der Waals surface area contributed by atoms with Crippen molar-refractivity contribution in [2.75, 3.05) is 13.2 Å². The molecule has 0 aliphatic carbocycles. The number of halogens is 2. The molecule has 0 unspecified atom stereocenters. The first-order valence-corrected chi connectivity index (χ1v) is 5.41. The Morgan fingerprint density at radius 2 is 2.43 bits per heavy atom. The van der Waals surface area contributed by atoms with E-state index >= 15 is 0 Å². The zero-order valence-corrected chi connectivity index (χ0v) is 9.92. The average molecular weight is 325 g/mol. The Morgan fingerprint density at radius 3 is 3.21 bits per heavy atom. The van der Waals surface area contributed by atoms with E-state index in [2.05, 4.69) is 10.3 Å². The number of hydrogen-bond acceptors (Lipinski definition) is 3. The molecule has 0 spiro atoms. The summed E-state index contributed by atoms with van der Waals surface area (Å²) in [4.78, 5) is 15.5. The van der Waals surface area contributed by atoms with Crippen molar-refractivity contribution in [2.24, 2.45) is 0 Å². The van der Waals surface area contributed by atoms with E-state index in [9.17, 15) is 4.79 Å². The lowest BCUT2D eigenvalue weighted by Crippen LogP contribution is -2.25. The normalized spacial score (nSPS) is 15.1. The van der Waals surface area contributed by atoms with Gasteiger partial charge in [-0.15, -0.1) is 0 Å². The van der Waals surface area contributed by atoms with Crippen LogP contribution in [0, 0.1) is 3.57 Å². The first-order chi connectivity index (χ1) is 6.68. The number of aromatic nitrogens is 1. The van der Waals surface area contributed by atoms with Crippen LogP contribution in [0.3, 0.4) is 0 Å². The summed E-state index contributed by atoms with van der Waals surface area (Å²) in [5.74, 6) is 0.156. The SMILES string of the molecule is O=C1NCCOc2nc(Cl)cc(I)c21. The highest BCUT2D eigenvalue weighted by Crippen LogP contribution is 2.26. The molecule has 0 aromatic carbocycles. The molecule has 74 valence electrons. The van der Waals surface area contributed by atoms with E-state index in [1.54, 1.807) is 6.07 Å². The molecule has 0 fully saturated rings. The smallest absolute Gasteiger partial charge is 0.257 e. The van der Waals surface area contributed by atoms with Gasteiger partial charge in [0.2, 0.25) is 5.88 Å². The predicted molar refractivity (Wildman–Crippen MR) is 59.8 cm³/mol. The monoisotopic (exact) mass is 324 g/mol. The Labute approximate surface area is 99.1 Å². The van der Waals surface area contributed by atoms with Crippen molar-refractivity contribution in [3.63, 3.8) is 0 Å². The number of rotatable bonds is 0. The lowest BCUT2D eigenvalue weighted by molar-refractivity contribution is 0.0956. The molecule has 2 rings (SSSR count). The number of pyridine rings is 1. The molecule has 1 N–H and O–H groups in total. The summed E-state index contributed by atoms with van der Waals surface area (Å²) in [6, 6.07) is 1.63. The minimum absolute atomic E-state index is 0.161. The molecule has 6 heteroatoms. The van der Waals surface area contributed by atoms with Crippen molar-refractivity contribution in [3.8, 4) is 5.88 Å². The molecule has 1 amide bonds. The third-order valence-electron chi connectivity index (χ3n) is 1.76. The molecule has 0 bridgehead atoms. The Morgan fingerprint density at radius 1 is 1.64 bits per heavy atom. The summed E-state index contributed by atoms with van der Waals surface area (Å²) < 4.78 is 6.04. The number of amides is 1. The fourth-order valence-corrected chi connectivity index (χ4v) is 2.32. The van der Waals surface area contributed by atoms with Crippen LogP contribution in [0.25, 0.3) is 0 Å². The van der Waals surface area contributed by atoms with E-state index in [4.69, 9.17) is 16.3 Å². The van der Waals surface area contributed by atoms with Crippen LogP contribution in [0.4, 0.5) is 0 Å². The van der Waals surface area contributed by atoms with Gasteiger partial charge >= 0.3 is 0 Å². The van der Waals surface area contributed by atoms with Gasteiger partial charge in [0.25, 0.3) is 5.91 Å². The van der Waals surface area contributed by atoms with E-state index < -0.39 is 0 Å². The van der Waals surface area contributed by atoms with Crippen LogP contribution in [0.5, 0.6) is 5.88 Å². The second-order valence-corrected chi connectivity index (χ2v) is 4.26. The fraction of sp³-hybridized carbons (Fsp3) is 0.250. The lowest BCUT2D eigenvalue weighted by atomic mass is 10.2. The molecule has 0 radical (unpaired) electrons. The Kier molecular flexibility index (Phi) is 2.78. The minimum atomic E-state index is -0.161. The van der Waals surface area contributed by atoms with Crippen molar-refractivity contribution < 1.29 is 9.53 Å². The van der Waals surface area contributed by atoms with Crippen LogP contribution in [0.1, 0.15) is 10.4 Å². The number of hydrogen-bond donors (Lipinski definition) is 1. The third kappa shape index (κ3) is 1.78. The summed E-state index contributed by atoms with van der Waals surface area (Å²) in [6.45, 7) is 0.908. The molecule has 0 saturated heterocycles. The maximum Gasteiger partial charge on any atom is 0.257 e. The second-order valence-electron chi connectivity index (χ2n) is 2.71. The minimum Gasteiger partial charge on any atom is -0.475 e. The van der Waals surface area contributed by atoms with Gasteiger partial charge in [-0.25, -0.2) is 4.98 Å². The van der Waals surface area contributed by atoms with Crippen molar-refractivity contribution in [1.29, 1.82) is 0 Å². The largest absolute Gasteiger partial charge is 0.475 e. The molecule has 0 atom stereocenters. The molecular weight excluding hydrogens is 318 g/mol. The first kappa shape index (κ1) is 9.97. The molecule has 2 heterocycles. The lowest BCUT2D eigenvalue weighted by Gasteiger charge is -2.05. The molecule has 1 aliphatic heterocycles. The number of nitrogens with one attached hydrogen (secondary N) is 1. The van der Waals surface area contributed by atoms with E-state index in [-0.39, 0.29) is 5.91 Å². The van der Waals surface area contributed by atoms with E-state index in [0.29, 0.717) is 29.7 Å². The molecule has 1 aromatic rings. The van der Waals surface area contributed by atoms with Gasteiger partial charge in [-0.05, 0) is 28.7 Å². The number of fused-ring (bicyclic) bond motifs is 1. The van der Waals surface area contributed by atoms with Crippen LogP contribution in [-0.2, 0) is 0 Å². The Balaban J connectivity index is 2.58. The van der Waals surface area contributed by atoms with E-state index in [1.807, 2.05) is 22.6 Å². The average Bonchev–Trinajstić information content (AvgIpc) is 2.27. The van der Waals surface area contributed by atoms with Gasteiger partial charge in [0.15, 0.2) is 0 Å². The van der Waals surface area contributed by atoms with Crippen LogP contribution in [0.15, 0.2) is 6.07 Å². The summed E-state index contributed by atoms with van der Waals surface area (Å²) in [7, 11) is 0. The van der Waals surface area contributed by atoms with E-state index in [1.165, 1.54) is 0 Å². The zero-order valence-electron chi connectivity index (χ0n) is 7.01. The predicted octanol–water partition coefficient (Wildman–Crippen LogP) is 1.46. The summed E-state index contributed by atoms with van der Waals surface area (Å²) in [5.41, 5.74) is 0.465. The summed E-state index contributed by atoms with van der Waals surface area (Å²) >= 11 is 7.79. The fourth-order valence-electron chi connectivity index (χ4n) is 1.17. The highest BCUT2D eigenvalue weighted by Gasteiger charge is 2.21. The zero-order chi connectivity index (χ0) is 10.1. The molecule has 14 heavy (non-hydrogen) atoms. The number of nitrogens with zero attached hydrogens (tertiary/aromatic N) is 1. The molecular formula is C8H6ClIN2O2. The third-order valence-corrected chi connectivity index (χ3v) is 2.80. The molecule has 1 aliphatic rings. The molecule has 0 saturated carbocycles. The number of carbonyl (C=O) groups is 1. The van der Waals surface area contributed by atoms with Gasteiger partial charge in [-0.3, -0.25) is 4.79 Å². The highest BCUT2D eigenvalue weighted by molar-refractivity contribution is 14.1. The maximum absolute atomic E-state index is 11.6. The summed E-state index contributed by atoms with van der Waals surface area (Å²) in [6.07, 6.45) is 0. The van der Waals surface area contributed by atoms with Gasteiger partial charge < -0.3 is 10.1 Å². The number of carbonyl (C=O) groups excluding carboxylic acids is 1. The van der Waals surface area contributed by atoms with Gasteiger partial charge in [-0.2, -0.15) is 0 Å². The van der Waals surface area contributed by atoms with Gasteiger partial charge in [0.05, 0.1) is 6.54 Å². The van der Waals surface area contributed by atoms with Gasteiger partial charge in [-0.1, -0.05) is 11.6 Å².